The van der Waals surface area contributed by atoms with Crippen molar-refractivity contribution in [2.75, 3.05) is 36.8 Å². The quantitative estimate of drug-likeness (QED) is 0.255. The van der Waals surface area contributed by atoms with E-state index in [2.05, 4.69) is 4.72 Å². The van der Waals surface area contributed by atoms with Crippen molar-refractivity contribution in [2.24, 2.45) is 0 Å². The van der Waals surface area contributed by atoms with Crippen molar-refractivity contribution in [3.05, 3.63) is 81.8 Å². The van der Waals surface area contributed by atoms with Crippen molar-refractivity contribution in [1.29, 1.82) is 0 Å². The number of likely N-dealkylation sites (N-methyl/N-ethyl adjacent to an activating group) is 1. The van der Waals surface area contributed by atoms with Crippen LogP contribution in [0.25, 0.3) is 10.2 Å². The average Bonchev–Trinajstić information content (AvgIpc) is 3.23. The van der Waals surface area contributed by atoms with Gasteiger partial charge in [-0.25, -0.2) is 13.4 Å². The molecule has 1 amide bonds. The topological polar surface area (TPSA) is 82.6 Å². The van der Waals surface area contributed by atoms with Gasteiger partial charge in [0.15, 0.2) is 5.13 Å². The molecular weight excluding hydrogens is 575 g/mol. The number of rotatable bonds is 8. The lowest BCUT2D eigenvalue weighted by Gasteiger charge is -2.22. The Morgan fingerprint density at radius 1 is 0.973 bits per heavy atom. The van der Waals surface area contributed by atoms with E-state index < -0.39 is 10.0 Å². The summed E-state index contributed by atoms with van der Waals surface area (Å²) >= 11 is 13.5. The van der Waals surface area contributed by atoms with Crippen LogP contribution in [0.2, 0.25) is 10.0 Å². The number of amides is 1. The van der Waals surface area contributed by atoms with Crippen LogP contribution in [0.5, 0.6) is 0 Å². The molecule has 3 aromatic carbocycles. The molecule has 0 bridgehead atoms. The number of nitrogens with zero attached hydrogens (tertiary/aromatic N) is 3. The molecule has 0 spiro atoms. The Kier molecular flexibility index (Phi) is 9.44. The average molecular weight is 600 g/mol. The number of aromatic nitrogens is 1. The van der Waals surface area contributed by atoms with E-state index in [1.165, 1.54) is 35.6 Å². The number of carbonyl (C=O) groups excluding carboxylic acids is 1. The predicted molar refractivity (Wildman–Crippen MR) is 156 cm³/mol. The van der Waals surface area contributed by atoms with Gasteiger partial charge in [-0.15, -0.1) is 12.4 Å². The summed E-state index contributed by atoms with van der Waals surface area (Å²) in [6.07, 6.45) is 0. The molecule has 12 heteroatoms. The molecule has 0 atom stereocenters. The van der Waals surface area contributed by atoms with Crippen LogP contribution in [0.3, 0.4) is 0 Å². The van der Waals surface area contributed by atoms with E-state index in [9.17, 15) is 13.2 Å². The van der Waals surface area contributed by atoms with Crippen molar-refractivity contribution in [1.82, 2.24) is 9.88 Å². The van der Waals surface area contributed by atoms with Crippen LogP contribution in [0.4, 0.5) is 10.8 Å². The summed E-state index contributed by atoms with van der Waals surface area (Å²) < 4.78 is 28.8. The van der Waals surface area contributed by atoms with E-state index in [0.717, 1.165) is 15.8 Å². The molecule has 0 saturated carbocycles. The smallest absolute Gasteiger partial charge is 0.261 e. The Morgan fingerprint density at radius 3 is 2.24 bits per heavy atom. The SMILES string of the molecule is Cc1cc(Cl)cc2sc(N(CCN(C)C)C(=O)c3ccc(NS(=O)(=O)c4ccc(Cl)cc4)cc3)nc12.Cl. The van der Waals surface area contributed by atoms with Crippen LogP contribution >= 0.6 is 46.9 Å². The summed E-state index contributed by atoms with van der Waals surface area (Å²) in [6.45, 7) is 3.01. The molecule has 0 radical (unpaired) electrons. The van der Waals surface area contributed by atoms with E-state index >= 15 is 0 Å². The number of hydrogen-bond acceptors (Lipinski definition) is 6. The molecule has 0 unspecified atom stereocenters. The molecule has 37 heavy (non-hydrogen) atoms. The third-order valence-electron chi connectivity index (χ3n) is 5.39. The fraction of sp³-hybridized carbons (Fsp3) is 0.200. The number of anilines is 2. The maximum absolute atomic E-state index is 13.5. The molecule has 4 aromatic rings. The minimum absolute atomic E-state index is 0. The normalized spacial score (nSPS) is 11.4. The second-order valence-electron chi connectivity index (χ2n) is 8.46. The van der Waals surface area contributed by atoms with Crippen LogP contribution in [0, 0.1) is 6.92 Å². The maximum atomic E-state index is 13.5. The van der Waals surface area contributed by atoms with Gasteiger partial charge in [0.2, 0.25) is 0 Å². The van der Waals surface area contributed by atoms with Gasteiger partial charge in [-0.2, -0.15) is 0 Å². The fourth-order valence-corrected chi connectivity index (χ4v) is 6.14. The summed E-state index contributed by atoms with van der Waals surface area (Å²) in [5, 5.41) is 1.65. The number of sulfonamides is 1. The van der Waals surface area contributed by atoms with Crippen molar-refractivity contribution in [3.8, 4) is 0 Å². The lowest BCUT2D eigenvalue weighted by atomic mass is 10.2. The van der Waals surface area contributed by atoms with Crippen LogP contribution in [-0.2, 0) is 10.0 Å². The molecule has 0 aliphatic heterocycles. The first-order valence-electron chi connectivity index (χ1n) is 11.0. The number of aryl methyl sites for hydroxylation is 1. The Labute approximate surface area is 236 Å². The van der Waals surface area contributed by atoms with Crippen LogP contribution in [0.15, 0.2) is 65.6 Å². The predicted octanol–water partition coefficient (Wildman–Crippen LogP) is 6.34. The van der Waals surface area contributed by atoms with Gasteiger partial charge in [0, 0.05) is 34.4 Å². The minimum atomic E-state index is -3.79. The first-order valence-corrected chi connectivity index (χ1v) is 14.0. The summed E-state index contributed by atoms with van der Waals surface area (Å²) in [4.78, 5) is 22.0. The highest BCUT2D eigenvalue weighted by Gasteiger charge is 2.22. The first-order chi connectivity index (χ1) is 17.0. The van der Waals surface area contributed by atoms with Gasteiger partial charge in [0.05, 0.1) is 15.1 Å². The molecule has 0 aliphatic rings. The number of benzene rings is 3. The number of hydrogen-bond donors (Lipinski definition) is 1. The van der Waals surface area contributed by atoms with Crippen molar-refractivity contribution in [3.63, 3.8) is 0 Å². The van der Waals surface area contributed by atoms with Gasteiger partial charge in [0.25, 0.3) is 15.9 Å². The second-order valence-corrected chi connectivity index (χ2v) is 12.0. The maximum Gasteiger partial charge on any atom is 0.261 e. The third kappa shape index (κ3) is 6.93. The summed E-state index contributed by atoms with van der Waals surface area (Å²) in [5.74, 6) is -0.230. The first kappa shape index (κ1) is 29.2. The molecule has 0 fully saturated rings. The van der Waals surface area contributed by atoms with Crippen molar-refractivity contribution in [2.45, 2.75) is 11.8 Å². The standard InChI is InChI=1S/C25H24Cl2N4O3S2.ClH/c1-16-14-19(27)15-22-23(16)28-25(35-22)31(13-12-30(2)3)24(32)17-4-8-20(9-5-17)29-36(33,34)21-10-6-18(26)7-11-21;/h4-11,14-15,29H,12-13H2,1-3H3;1H. The summed E-state index contributed by atoms with van der Waals surface area (Å²) in [7, 11) is 0.0823. The molecule has 0 aliphatic carbocycles. The third-order valence-corrected chi connectivity index (χ3v) is 8.29. The zero-order valence-corrected chi connectivity index (χ0v) is 24.2. The zero-order valence-electron chi connectivity index (χ0n) is 20.2. The lowest BCUT2D eigenvalue weighted by Crippen LogP contribution is -2.36. The molecule has 4 rings (SSSR count). The molecule has 1 aromatic heterocycles. The molecule has 1 N–H and O–H groups in total. The highest BCUT2D eigenvalue weighted by molar-refractivity contribution is 7.92. The van der Waals surface area contributed by atoms with Gasteiger partial charge in [-0.3, -0.25) is 14.4 Å². The van der Waals surface area contributed by atoms with Gasteiger partial charge in [-0.1, -0.05) is 34.5 Å². The largest absolute Gasteiger partial charge is 0.308 e. The van der Waals surface area contributed by atoms with E-state index in [4.69, 9.17) is 28.2 Å². The highest BCUT2D eigenvalue weighted by Crippen LogP contribution is 2.33. The Hall–Kier alpha value is -2.40. The minimum Gasteiger partial charge on any atom is -0.308 e. The van der Waals surface area contributed by atoms with Crippen LogP contribution in [0.1, 0.15) is 15.9 Å². The van der Waals surface area contributed by atoms with Gasteiger partial charge in [-0.05, 0) is 87.2 Å². The number of fused-ring (bicyclic) bond motifs is 1. The summed E-state index contributed by atoms with van der Waals surface area (Å²) in [5.41, 5.74) is 2.51. The van der Waals surface area contributed by atoms with Crippen molar-refractivity contribution < 1.29 is 13.2 Å². The van der Waals surface area contributed by atoms with E-state index in [1.54, 1.807) is 29.2 Å². The number of carbonyl (C=O) groups is 1. The number of halogens is 3. The Balaban J connectivity index is 0.00000380. The van der Waals surface area contributed by atoms with Crippen molar-refractivity contribution >= 4 is 83.9 Å². The molecule has 7 nitrogen and oxygen atoms in total. The number of nitrogens with one attached hydrogen (secondary N) is 1. The van der Waals surface area contributed by atoms with E-state index in [-0.39, 0.29) is 23.2 Å². The van der Waals surface area contributed by atoms with Crippen LogP contribution in [-0.4, -0.2) is 51.4 Å². The zero-order chi connectivity index (χ0) is 26.0. The molecule has 1 heterocycles. The number of thiazole rings is 1. The van der Waals surface area contributed by atoms with E-state index in [0.29, 0.717) is 39.5 Å². The molecule has 0 saturated heterocycles. The molecule has 196 valence electrons. The van der Waals surface area contributed by atoms with Crippen LogP contribution < -0.4 is 9.62 Å². The van der Waals surface area contributed by atoms with Gasteiger partial charge in [0.1, 0.15) is 0 Å². The van der Waals surface area contributed by atoms with Gasteiger partial charge < -0.3 is 4.90 Å². The highest BCUT2D eigenvalue weighted by atomic mass is 35.5. The Bertz CT molecular complexity index is 1510. The molecular formula is C25H25Cl3N4O3S2. The fourth-order valence-electron chi connectivity index (χ4n) is 3.51. The summed E-state index contributed by atoms with van der Waals surface area (Å²) in [6, 6.07) is 15.9. The van der Waals surface area contributed by atoms with Gasteiger partial charge >= 0.3 is 0 Å². The second kappa shape index (κ2) is 12.0. The Morgan fingerprint density at radius 2 is 1.62 bits per heavy atom. The lowest BCUT2D eigenvalue weighted by molar-refractivity contribution is 0.0985. The van der Waals surface area contributed by atoms with E-state index in [1.807, 2.05) is 38.1 Å². The monoisotopic (exact) mass is 598 g/mol.